The van der Waals surface area contributed by atoms with Crippen LogP contribution in [0.4, 0.5) is 0 Å². The van der Waals surface area contributed by atoms with E-state index in [1.807, 2.05) is 6.20 Å². The molecule has 20 heavy (non-hydrogen) atoms. The summed E-state index contributed by atoms with van der Waals surface area (Å²) < 4.78 is 24.9. The molecule has 1 aliphatic carbocycles. The Kier molecular flexibility index (Phi) is 3.90. The van der Waals surface area contributed by atoms with Gasteiger partial charge >= 0.3 is 0 Å². The largest absolute Gasteiger partial charge is 0.324 e. The highest BCUT2D eigenvalue weighted by Crippen LogP contribution is 2.37. The SMILES string of the molecule is O=c1ccn(C2CC2)c(SCC2CCS(=O)(=O)CC2)n1. The van der Waals surface area contributed by atoms with Gasteiger partial charge in [0.05, 0.1) is 11.5 Å². The Bertz CT molecular complexity index is 636. The molecule has 0 bridgehead atoms. The van der Waals surface area contributed by atoms with E-state index in [0.717, 1.165) is 36.6 Å². The lowest BCUT2D eigenvalue weighted by atomic mass is 10.1. The molecule has 0 N–H and O–H groups in total. The third-order valence-electron chi connectivity index (χ3n) is 3.87. The lowest BCUT2D eigenvalue weighted by Gasteiger charge is -2.21. The van der Waals surface area contributed by atoms with Crippen LogP contribution in [0.2, 0.25) is 0 Å². The average Bonchev–Trinajstić information content (AvgIpc) is 3.22. The van der Waals surface area contributed by atoms with Gasteiger partial charge in [-0.3, -0.25) is 4.79 Å². The summed E-state index contributed by atoms with van der Waals surface area (Å²) in [6, 6.07) is 2.01. The van der Waals surface area contributed by atoms with E-state index in [1.165, 1.54) is 6.07 Å². The fourth-order valence-corrected chi connectivity index (χ4v) is 5.25. The van der Waals surface area contributed by atoms with Crippen molar-refractivity contribution in [2.75, 3.05) is 17.3 Å². The van der Waals surface area contributed by atoms with Crippen molar-refractivity contribution in [3.63, 3.8) is 0 Å². The van der Waals surface area contributed by atoms with Crippen LogP contribution in [0.15, 0.2) is 22.2 Å². The van der Waals surface area contributed by atoms with Gasteiger partial charge in [-0.15, -0.1) is 0 Å². The van der Waals surface area contributed by atoms with Crippen molar-refractivity contribution in [2.24, 2.45) is 5.92 Å². The number of thioether (sulfide) groups is 1. The number of hydrogen-bond acceptors (Lipinski definition) is 5. The second-order valence-corrected chi connectivity index (χ2v) is 8.88. The number of hydrogen-bond donors (Lipinski definition) is 0. The van der Waals surface area contributed by atoms with Crippen LogP contribution in [0, 0.1) is 5.92 Å². The van der Waals surface area contributed by atoms with Gasteiger partial charge in [0.15, 0.2) is 5.16 Å². The van der Waals surface area contributed by atoms with Gasteiger partial charge in [0.25, 0.3) is 5.56 Å². The molecule has 2 fully saturated rings. The normalized spacial score (nSPS) is 22.8. The van der Waals surface area contributed by atoms with Crippen LogP contribution < -0.4 is 5.56 Å². The molecule has 2 heterocycles. The van der Waals surface area contributed by atoms with Crippen molar-refractivity contribution in [3.05, 3.63) is 22.6 Å². The van der Waals surface area contributed by atoms with Gasteiger partial charge in [-0.1, -0.05) is 11.8 Å². The average molecular weight is 314 g/mol. The van der Waals surface area contributed by atoms with E-state index in [0.29, 0.717) is 23.5 Å². The molecule has 0 aromatic carbocycles. The van der Waals surface area contributed by atoms with Crippen LogP contribution in [0.25, 0.3) is 0 Å². The topological polar surface area (TPSA) is 69.0 Å². The highest BCUT2D eigenvalue weighted by Gasteiger charge is 2.27. The van der Waals surface area contributed by atoms with E-state index in [1.54, 1.807) is 11.8 Å². The first-order chi connectivity index (χ1) is 9.53. The fraction of sp³-hybridized carbons (Fsp3) is 0.692. The highest BCUT2D eigenvalue weighted by molar-refractivity contribution is 7.99. The lowest BCUT2D eigenvalue weighted by molar-refractivity contribution is 0.505. The minimum atomic E-state index is -2.80. The Labute approximate surface area is 122 Å². The third kappa shape index (κ3) is 3.44. The van der Waals surface area contributed by atoms with Crippen LogP contribution in [0.1, 0.15) is 31.7 Å². The molecule has 0 radical (unpaired) electrons. The molecule has 1 aliphatic heterocycles. The van der Waals surface area contributed by atoms with Gasteiger partial charge in [-0.05, 0) is 31.6 Å². The summed E-state index contributed by atoms with van der Waals surface area (Å²) in [5, 5.41) is 0.786. The number of sulfone groups is 1. The second-order valence-electron chi connectivity index (χ2n) is 5.59. The van der Waals surface area contributed by atoms with E-state index in [2.05, 4.69) is 9.55 Å². The third-order valence-corrected chi connectivity index (χ3v) is 6.78. The molecular formula is C13H18N2O3S2. The Hall–Kier alpha value is -0.820. The van der Waals surface area contributed by atoms with Crippen LogP contribution in [-0.2, 0) is 9.84 Å². The van der Waals surface area contributed by atoms with Crippen molar-refractivity contribution >= 4 is 21.6 Å². The predicted octanol–water partition coefficient (Wildman–Crippen LogP) is 1.50. The summed E-state index contributed by atoms with van der Waals surface area (Å²) >= 11 is 1.59. The van der Waals surface area contributed by atoms with E-state index >= 15 is 0 Å². The summed E-state index contributed by atoms with van der Waals surface area (Å²) in [6.45, 7) is 0. The summed E-state index contributed by atoms with van der Waals surface area (Å²) in [5.41, 5.74) is -0.198. The first-order valence-corrected chi connectivity index (χ1v) is 9.77. The van der Waals surface area contributed by atoms with E-state index in [4.69, 9.17) is 0 Å². The first kappa shape index (κ1) is 14.1. The summed E-state index contributed by atoms with van der Waals surface area (Å²) in [7, 11) is -2.80. The maximum absolute atomic E-state index is 11.4. The van der Waals surface area contributed by atoms with Crippen LogP contribution >= 0.6 is 11.8 Å². The second kappa shape index (κ2) is 5.52. The molecule has 110 valence electrons. The maximum atomic E-state index is 11.4. The predicted molar refractivity (Wildman–Crippen MR) is 78.9 cm³/mol. The minimum Gasteiger partial charge on any atom is -0.324 e. The number of rotatable bonds is 4. The zero-order chi connectivity index (χ0) is 14.2. The van der Waals surface area contributed by atoms with E-state index < -0.39 is 9.84 Å². The van der Waals surface area contributed by atoms with E-state index in [9.17, 15) is 13.2 Å². The van der Waals surface area contributed by atoms with Crippen molar-refractivity contribution < 1.29 is 8.42 Å². The summed E-state index contributed by atoms with van der Waals surface area (Å²) in [6.07, 6.45) is 5.60. The Morgan fingerprint density at radius 1 is 1.25 bits per heavy atom. The maximum Gasteiger partial charge on any atom is 0.273 e. The molecular weight excluding hydrogens is 296 g/mol. The monoisotopic (exact) mass is 314 g/mol. The molecule has 0 unspecified atom stereocenters. The quantitative estimate of drug-likeness (QED) is 0.622. The Morgan fingerprint density at radius 3 is 2.60 bits per heavy atom. The molecule has 0 atom stereocenters. The van der Waals surface area contributed by atoms with Crippen molar-refractivity contribution in [1.29, 1.82) is 0 Å². The van der Waals surface area contributed by atoms with Crippen LogP contribution in [0.5, 0.6) is 0 Å². The molecule has 1 aromatic heterocycles. The van der Waals surface area contributed by atoms with Crippen molar-refractivity contribution in [3.8, 4) is 0 Å². The van der Waals surface area contributed by atoms with Crippen LogP contribution in [-0.4, -0.2) is 35.2 Å². The fourth-order valence-electron chi connectivity index (χ4n) is 2.43. The van der Waals surface area contributed by atoms with Gasteiger partial charge in [0, 0.05) is 24.1 Å². The molecule has 1 saturated heterocycles. The molecule has 0 spiro atoms. The van der Waals surface area contributed by atoms with Crippen molar-refractivity contribution in [1.82, 2.24) is 9.55 Å². The molecule has 5 nitrogen and oxygen atoms in total. The summed E-state index contributed by atoms with van der Waals surface area (Å²) in [5.74, 6) is 1.86. The highest BCUT2D eigenvalue weighted by atomic mass is 32.2. The van der Waals surface area contributed by atoms with Gasteiger partial charge in [-0.2, -0.15) is 4.98 Å². The smallest absolute Gasteiger partial charge is 0.273 e. The minimum absolute atomic E-state index is 0.198. The first-order valence-electron chi connectivity index (χ1n) is 6.96. The van der Waals surface area contributed by atoms with Gasteiger partial charge in [0.2, 0.25) is 0 Å². The van der Waals surface area contributed by atoms with Gasteiger partial charge in [0.1, 0.15) is 9.84 Å². The molecule has 1 aromatic rings. The Morgan fingerprint density at radius 2 is 1.95 bits per heavy atom. The standard InChI is InChI=1S/C13H18N2O3S2/c16-12-3-6-15(11-1-2-11)13(14-12)19-9-10-4-7-20(17,18)8-5-10/h3,6,10-11H,1-2,4-5,7-9H2. The van der Waals surface area contributed by atoms with Gasteiger partial charge in [-0.25, -0.2) is 8.42 Å². The summed E-state index contributed by atoms with van der Waals surface area (Å²) in [4.78, 5) is 15.5. The molecule has 7 heteroatoms. The Balaban J connectivity index is 1.64. The van der Waals surface area contributed by atoms with Crippen molar-refractivity contribution in [2.45, 2.75) is 36.9 Å². The molecule has 1 saturated carbocycles. The molecule has 3 rings (SSSR count). The number of aromatic nitrogens is 2. The molecule has 0 amide bonds. The van der Waals surface area contributed by atoms with Crippen LogP contribution in [0.3, 0.4) is 0 Å². The lowest BCUT2D eigenvalue weighted by Crippen LogP contribution is -2.24. The molecule has 2 aliphatic rings. The zero-order valence-corrected chi connectivity index (χ0v) is 12.8. The zero-order valence-electron chi connectivity index (χ0n) is 11.2. The van der Waals surface area contributed by atoms with Gasteiger partial charge < -0.3 is 4.57 Å². The number of nitrogens with zero attached hydrogens (tertiary/aromatic N) is 2. The van der Waals surface area contributed by atoms with E-state index in [-0.39, 0.29) is 5.56 Å².